The number of thioether (sulfide) groups is 1. The molecule has 0 bridgehead atoms. The summed E-state index contributed by atoms with van der Waals surface area (Å²) in [5, 5.41) is 4.23. The zero-order valence-electron chi connectivity index (χ0n) is 16.8. The highest BCUT2D eigenvalue weighted by Gasteiger charge is 2.14. The lowest BCUT2D eigenvalue weighted by molar-refractivity contribution is -0.116. The summed E-state index contributed by atoms with van der Waals surface area (Å²) in [6, 6.07) is 14.4. The number of fused-ring (bicyclic) bond motifs is 1. The van der Waals surface area contributed by atoms with Gasteiger partial charge in [0.2, 0.25) is 5.91 Å². The molecule has 4 nitrogen and oxygen atoms in total. The molecule has 2 aromatic carbocycles. The van der Waals surface area contributed by atoms with E-state index in [1.807, 2.05) is 36.0 Å². The highest BCUT2D eigenvalue weighted by atomic mass is 32.2. The third-order valence-electron chi connectivity index (χ3n) is 5.35. The van der Waals surface area contributed by atoms with Crippen molar-refractivity contribution in [2.45, 2.75) is 32.7 Å². The summed E-state index contributed by atoms with van der Waals surface area (Å²) in [5.41, 5.74) is 4.49. The smallest absolute Gasteiger partial charge is 0.224 e. The molecule has 1 saturated heterocycles. The van der Waals surface area contributed by atoms with Crippen molar-refractivity contribution in [2.24, 2.45) is 0 Å². The molecule has 0 saturated carbocycles. The zero-order valence-corrected chi connectivity index (χ0v) is 18.5. The van der Waals surface area contributed by atoms with Crippen molar-refractivity contribution in [1.29, 1.82) is 0 Å². The summed E-state index contributed by atoms with van der Waals surface area (Å²) in [4.78, 5) is 19.6. The minimum absolute atomic E-state index is 0.0840. The quantitative estimate of drug-likeness (QED) is 0.571. The molecular weight excluding hydrogens is 398 g/mol. The Balaban J connectivity index is 1.30. The van der Waals surface area contributed by atoms with E-state index in [9.17, 15) is 4.79 Å². The van der Waals surface area contributed by atoms with Crippen molar-refractivity contribution in [3.8, 4) is 0 Å². The van der Waals surface area contributed by atoms with Gasteiger partial charge in [0.25, 0.3) is 0 Å². The maximum absolute atomic E-state index is 12.5. The number of carbonyl (C=O) groups is 1. The van der Waals surface area contributed by atoms with Crippen LogP contribution in [0.3, 0.4) is 0 Å². The van der Waals surface area contributed by atoms with Gasteiger partial charge in [0.15, 0.2) is 0 Å². The van der Waals surface area contributed by atoms with Crippen molar-refractivity contribution >= 4 is 44.9 Å². The van der Waals surface area contributed by atoms with Crippen molar-refractivity contribution in [3.05, 3.63) is 58.6 Å². The van der Waals surface area contributed by atoms with Gasteiger partial charge in [-0.1, -0.05) is 24.3 Å². The molecule has 29 heavy (non-hydrogen) atoms. The number of benzene rings is 2. The van der Waals surface area contributed by atoms with Crippen molar-refractivity contribution in [2.75, 3.05) is 29.9 Å². The van der Waals surface area contributed by atoms with Crippen LogP contribution in [0.2, 0.25) is 0 Å². The molecule has 1 aromatic heterocycles. The van der Waals surface area contributed by atoms with Crippen molar-refractivity contribution in [3.63, 3.8) is 0 Å². The first-order chi connectivity index (χ1) is 14.2. The van der Waals surface area contributed by atoms with E-state index in [-0.39, 0.29) is 5.91 Å². The Labute approximate surface area is 180 Å². The Morgan fingerprint density at radius 2 is 1.97 bits per heavy atom. The standard InChI is InChI=1S/C23H27N3OS2/c1-17-18(16-26-12-14-28-15-13-26)6-4-8-19(17)24-22(27)10-5-11-23-25-20-7-2-3-9-21(20)29-23/h2-4,6-9H,5,10-16H2,1H3,(H,24,27). The van der Waals surface area contributed by atoms with Gasteiger partial charge in [-0.25, -0.2) is 4.98 Å². The Morgan fingerprint density at radius 3 is 2.79 bits per heavy atom. The number of nitrogens with one attached hydrogen (secondary N) is 1. The fourth-order valence-electron chi connectivity index (χ4n) is 3.63. The van der Waals surface area contributed by atoms with E-state index in [4.69, 9.17) is 0 Å². The second kappa shape index (κ2) is 9.74. The van der Waals surface area contributed by atoms with Crippen LogP contribution >= 0.6 is 23.1 Å². The Hall–Kier alpha value is -1.89. The second-order valence-electron chi connectivity index (χ2n) is 7.46. The third-order valence-corrected chi connectivity index (χ3v) is 7.39. The van der Waals surface area contributed by atoms with Gasteiger partial charge in [-0.15, -0.1) is 11.3 Å². The number of aromatic nitrogens is 1. The van der Waals surface area contributed by atoms with E-state index in [2.05, 4.69) is 40.3 Å². The van der Waals surface area contributed by atoms with Crippen LogP contribution < -0.4 is 5.32 Å². The lowest BCUT2D eigenvalue weighted by Gasteiger charge is -2.27. The number of thiazole rings is 1. The molecule has 0 atom stereocenters. The summed E-state index contributed by atoms with van der Waals surface area (Å²) >= 11 is 3.75. The van der Waals surface area contributed by atoms with E-state index in [1.165, 1.54) is 27.3 Å². The largest absolute Gasteiger partial charge is 0.326 e. The van der Waals surface area contributed by atoms with Gasteiger partial charge < -0.3 is 5.32 Å². The van der Waals surface area contributed by atoms with Crippen LogP contribution in [-0.4, -0.2) is 40.4 Å². The van der Waals surface area contributed by atoms with E-state index in [1.54, 1.807) is 11.3 Å². The number of anilines is 1. The minimum atomic E-state index is 0.0840. The number of rotatable bonds is 7. The Bertz CT molecular complexity index is 946. The second-order valence-corrected chi connectivity index (χ2v) is 9.80. The summed E-state index contributed by atoms with van der Waals surface area (Å²) in [6.07, 6.45) is 2.18. The number of carbonyl (C=O) groups excluding carboxylic acids is 1. The van der Waals surface area contributed by atoms with Crippen LogP contribution in [0.4, 0.5) is 5.69 Å². The summed E-state index contributed by atoms with van der Waals surface area (Å²) in [6.45, 7) is 5.37. The molecule has 3 aromatic rings. The van der Waals surface area contributed by atoms with Crippen LogP contribution in [0.1, 0.15) is 29.0 Å². The molecular formula is C23H27N3OS2. The molecule has 0 aliphatic carbocycles. The van der Waals surface area contributed by atoms with Gasteiger partial charge in [-0.2, -0.15) is 11.8 Å². The van der Waals surface area contributed by atoms with E-state index < -0.39 is 0 Å². The van der Waals surface area contributed by atoms with Gasteiger partial charge in [-0.3, -0.25) is 9.69 Å². The molecule has 0 unspecified atom stereocenters. The summed E-state index contributed by atoms with van der Waals surface area (Å²) in [7, 11) is 0. The van der Waals surface area contributed by atoms with Crippen LogP contribution in [0.25, 0.3) is 10.2 Å². The summed E-state index contributed by atoms with van der Waals surface area (Å²) < 4.78 is 1.21. The molecule has 1 aliphatic heterocycles. The van der Waals surface area contributed by atoms with Crippen LogP contribution in [-0.2, 0) is 17.8 Å². The van der Waals surface area contributed by atoms with Gasteiger partial charge in [0.05, 0.1) is 15.2 Å². The third kappa shape index (κ3) is 5.38. The Morgan fingerprint density at radius 1 is 1.14 bits per heavy atom. The number of hydrogen-bond donors (Lipinski definition) is 1. The van der Waals surface area contributed by atoms with E-state index >= 15 is 0 Å². The molecule has 1 N–H and O–H groups in total. The molecule has 6 heteroatoms. The highest BCUT2D eigenvalue weighted by molar-refractivity contribution is 7.99. The molecule has 1 fully saturated rings. The van der Waals surface area contributed by atoms with Crippen LogP contribution in [0.15, 0.2) is 42.5 Å². The molecule has 0 spiro atoms. The normalized spacial score (nSPS) is 14.9. The van der Waals surface area contributed by atoms with Gasteiger partial charge >= 0.3 is 0 Å². The predicted molar refractivity (Wildman–Crippen MR) is 125 cm³/mol. The molecule has 4 rings (SSSR count). The first-order valence-corrected chi connectivity index (χ1v) is 12.2. The van der Waals surface area contributed by atoms with Crippen LogP contribution in [0.5, 0.6) is 0 Å². The number of aryl methyl sites for hydroxylation is 1. The van der Waals surface area contributed by atoms with Crippen LogP contribution in [0, 0.1) is 6.92 Å². The molecule has 1 amide bonds. The average molecular weight is 426 g/mol. The first kappa shape index (κ1) is 20.4. The lowest BCUT2D eigenvalue weighted by atomic mass is 10.1. The Kier molecular flexibility index (Phi) is 6.85. The highest BCUT2D eigenvalue weighted by Crippen LogP contribution is 2.24. The van der Waals surface area contributed by atoms with E-state index in [0.29, 0.717) is 6.42 Å². The number of hydrogen-bond acceptors (Lipinski definition) is 5. The fraction of sp³-hybridized carbons (Fsp3) is 0.391. The van der Waals surface area contributed by atoms with E-state index in [0.717, 1.165) is 48.7 Å². The zero-order chi connectivity index (χ0) is 20.1. The van der Waals surface area contributed by atoms with Gasteiger partial charge in [-0.05, 0) is 49.1 Å². The number of para-hydroxylation sites is 1. The monoisotopic (exact) mass is 425 g/mol. The molecule has 0 radical (unpaired) electrons. The minimum Gasteiger partial charge on any atom is -0.326 e. The number of nitrogens with zero attached hydrogens (tertiary/aromatic N) is 2. The van der Waals surface area contributed by atoms with Gasteiger partial charge in [0, 0.05) is 43.2 Å². The molecule has 1 aliphatic rings. The van der Waals surface area contributed by atoms with Crippen molar-refractivity contribution < 1.29 is 4.79 Å². The van der Waals surface area contributed by atoms with Crippen molar-refractivity contribution in [1.82, 2.24) is 9.88 Å². The first-order valence-electron chi connectivity index (χ1n) is 10.2. The maximum Gasteiger partial charge on any atom is 0.224 e. The SMILES string of the molecule is Cc1c(CN2CCSCC2)cccc1NC(=O)CCCc1nc2ccccc2s1. The molecule has 152 valence electrons. The molecule has 2 heterocycles. The fourth-order valence-corrected chi connectivity index (χ4v) is 5.62. The predicted octanol–water partition coefficient (Wildman–Crippen LogP) is 5.11. The average Bonchev–Trinajstić information content (AvgIpc) is 3.14. The summed E-state index contributed by atoms with van der Waals surface area (Å²) in [5.74, 6) is 2.51. The van der Waals surface area contributed by atoms with Gasteiger partial charge in [0.1, 0.15) is 0 Å². The maximum atomic E-state index is 12.5. The lowest BCUT2D eigenvalue weighted by Crippen LogP contribution is -2.32. The number of amides is 1. The topological polar surface area (TPSA) is 45.2 Å².